The van der Waals surface area contributed by atoms with Gasteiger partial charge in [-0.1, -0.05) is 32.6 Å². The van der Waals surface area contributed by atoms with Crippen LogP contribution >= 0.6 is 0 Å². The van der Waals surface area contributed by atoms with Crippen molar-refractivity contribution in [3.05, 3.63) is 17.5 Å². The van der Waals surface area contributed by atoms with Crippen LogP contribution in [0.15, 0.2) is 6.20 Å². The second kappa shape index (κ2) is 6.06. The van der Waals surface area contributed by atoms with Crippen molar-refractivity contribution in [3.63, 3.8) is 0 Å². The van der Waals surface area contributed by atoms with E-state index >= 15 is 0 Å². The number of nitrogens with two attached hydrogens (primary N) is 1. The van der Waals surface area contributed by atoms with E-state index in [2.05, 4.69) is 12.0 Å². The van der Waals surface area contributed by atoms with Crippen molar-refractivity contribution < 1.29 is 5.11 Å². The molecule has 1 aromatic rings. The summed E-state index contributed by atoms with van der Waals surface area (Å²) >= 11 is 0. The minimum Gasteiger partial charge on any atom is -0.388 e. The van der Waals surface area contributed by atoms with E-state index in [9.17, 15) is 5.11 Å². The van der Waals surface area contributed by atoms with E-state index in [1.54, 1.807) is 4.68 Å². The average molecular weight is 265 g/mol. The second-order valence-electron chi connectivity index (χ2n) is 5.94. The molecule has 1 saturated carbocycles. The van der Waals surface area contributed by atoms with Crippen LogP contribution in [0.1, 0.15) is 62.8 Å². The maximum Gasteiger partial charge on any atom is 0.0891 e. The highest BCUT2D eigenvalue weighted by atomic mass is 16.3. The van der Waals surface area contributed by atoms with Gasteiger partial charge in [-0.2, -0.15) is 5.10 Å². The van der Waals surface area contributed by atoms with Crippen LogP contribution in [0.25, 0.3) is 0 Å². The van der Waals surface area contributed by atoms with Crippen molar-refractivity contribution in [3.8, 4) is 0 Å². The summed E-state index contributed by atoms with van der Waals surface area (Å²) < 4.78 is 1.80. The lowest BCUT2D eigenvalue weighted by molar-refractivity contribution is 0.0160. The Bertz CT molecular complexity index is 406. The van der Waals surface area contributed by atoms with Crippen LogP contribution in [0.4, 0.5) is 0 Å². The predicted octanol–water partition coefficient (Wildman–Crippen LogP) is 2.32. The van der Waals surface area contributed by atoms with Gasteiger partial charge in [0, 0.05) is 30.8 Å². The fourth-order valence-corrected chi connectivity index (χ4v) is 3.41. The molecule has 1 fully saturated rings. The van der Waals surface area contributed by atoms with Crippen molar-refractivity contribution in [1.82, 2.24) is 9.78 Å². The maximum atomic E-state index is 10.9. The summed E-state index contributed by atoms with van der Waals surface area (Å²) in [5, 5.41) is 15.4. The largest absolute Gasteiger partial charge is 0.388 e. The Hall–Kier alpha value is -0.870. The summed E-state index contributed by atoms with van der Waals surface area (Å²) in [6, 6.07) is 0. The van der Waals surface area contributed by atoms with Gasteiger partial charge in [0.1, 0.15) is 0 Å². The number of rotatable bonds is 4. The molecule has 1 aliphatic carbocycles. The molecule has 1 aromatic heterocycles. The van der Waals surface area contributed by atoms with E-state index in [0.29, 0.717) is 6.54 Å². The van der Waals surface area contributed by atoms with Crippen LogP contribution in [0.5, 0.6) is 0 Å². The molecule has 1 aliphatic rings. The van der Waals surface area contributed by atoms with Crippen molar-refractivity contribution >= 4 is 0 Å². The van der Waals surface area contributed by atoms with Crippen LogP contribution < -0.4 is 5.73 Å². The quantitative estimate of drug-likeness (QED) is 0.821. The van der Waals surface area contributed by atoms with E-state index < -0.39 is 6.10 Å². The van der Waals surface area contributed by atoms with Gasteiger partial charge in [-0.3, -0.25) is 4.68 Å². The highest BCUT2D eigenvalue weighted by Gasteiger charge is 2.39. The third-order valence-electron chi connectivity index (χ3n) is 4.65. The summed E-state index contributed by atoms with van der Waals surface area (Å²) in [6.45, 7) is 2.65. The minimum atomic E-state index is -0.473. The molecule has 0 saturated heterocycles. The number of aliphatic hydroxyl groups excluding tert-OH is 1. The molecular formula is C15H27N3O. The number of aliphatic hydroxyl groups is 1. The maximum absolute atomic E-state index is 10.9. The van der Waals surface area contributed by atoms with E-state index in [1.165, 1.54) is 25.7 Å². The van der Waals surface area contributed by atoms with Crippen molar-refractivity contribution in [2.75, 3.05) is 6.54 Å². The molecule has 0 spiro atoms. The molecule has 4 heteroatoms. The highest BCUT2D eigenvalue weighted by Crippen LogP contribution is 2.44. The van der Waals surface area contributed by atoms with Crippen molar-refractivity contribution in [1.29, 1.82) is 0 Å². The molecule has 1 heterocycles. The normalized spacial score (nSPS) is 21.1. The van der Waals surface area contributed by atoms with Crippen LogP contribution in [0, 0.1) is 5.41 Å². The third-order valence-corrected chi connectivity index (χ3v) is 4.65. The van der Waals surface area contributed by atoms with E-state index in [1.807, 2.05) is 13.2 Å². The zero-order valence-electron chi connectivity index (χ0n) is 12.2. The molecule has 1 atom stereocenters. The molecule has 0 aliphatic heterocycles. The summed E-state index contributed by atoms with van der Waals surface area (Å²) in [7, 11) is 1.91. The Balaban J connectivity index is 2.30. The Morgan fingerprint density at radius 1 is 1.37 bits per heavy atom. The van der Waals surface area contributed by atoms with Gasteiger partial charge in [0.25, 0.3) is 0 Å². The lowest BCUT2D eigenvalue weighted by Gasteiger charge is -2.36. The topological polar surface area (TPSA) is 64.1 Å². The van der Waals surface area contributed by atoms with E-state index in [-0.39, 0.29) is 5.41 Å². The number of aryl methyl sites for hydroxylation is 2. The summed E-state index contributed by atoms with van der Waals surface area (Å²) in [5.41, 5.74) is 7.90. The summed E-state index contributed by atoms with van der Waals surface area (Å²) in [6.07, 6.45) is 9.29. The summed E-state index contributed by atoms with van der Waals surface area (Å²) in [4.78, 5) is 0. The number of aromatic nitrogens is 2. The van der Waals surface area contributed by atoms with E-state index in [4.69, 9.17) is 5.73 Å². The molecule has 1 unspecified atom stereocenters. The van der Waals surface area contributed by atoms with Gasteiger partial charge < -0.3 is 10.8 Å². The smallest absolute Gasteiger partial charge is 0.0891 e. The summed E-state index contributed by atoms with van der Waals surface area (Å²) in [5.74, 6) is 0. The molecule has 3 N–H and O–H groups in total. The molecule has 0 bridgehead atoms. The van der Waals surface area contributed by atoms with Gasteiger partial charge in [-0.25, -0.2) is 0 Å². The van der Waals surface area contributed by atoms with Gasteiger partial charge in [-0.05, 0) is 19.3 Å². The fraction of sp³-hybridized carbons (Fsp3) is 0.800. The van der Waals surface area contributed by atoms with Gasteiger partial charge >= 0.3 is 0 Å². The van der Waals surface area contributed by atoms with Crippen LogP contribution in [-0.4, -0.2) is 21.4 Å². The number of hydrogen-bond acceptors (Lipinski definition) is 3. The van der Waals surface area contributed by atoms with Crippen LogP contribution in [0.3, 0.4) is 0 Å². The molecular weight excluding hydrogens is 238 g/mol. The first-order chi connectivity index (χ1) is 9.13. The first-order valence-corrected chi connectivity index (χ1v) is 7.53. The number of nitrogens with zero attached hydrogens (tertiary/aromatic N) is 2. The van der Waals surface area contributed by atoms with Crippen LogP contribution in [0.2, 0.25) is 0 Å². The molecule has 0 aromatic carbocycles. The second-order valence-corrected chi connectivity index (χ2v) is 5.94. The zero-order valence-corrected chi connectivity index (χ0v) is 12.2. The van der Waals surface area contributed by atoms with E-state index in [0.717, 1.165) is 30.5 Å². The fourth-order valence-electron chi connectivity index (χ4n) is 3.41. The van der Waals surface area contributed by atoms with Crippen LogP contribution in [-0.2, 0) is 13.5 Å². The molecule has 2 rings (SSSR count). The van der Waals surface area contributed by atoms with Crippen molar-refractivity contribution in [2.45, 2.75) is 58.0 Å². The zero-order chi connectivity index (χ0) is 13.9. The molecule has 4 nitrogen and oxygen atoms in total. The Morgan fingerprint density at radius 2 is 2.00 bits per heavy atom. The van der Waals surface area contributed by atoms with Gasteiger partial charge in [-0.15, -0.1) is 0 Å². The average Bonchev–Trinajstić information content (AvgIpc) is 2.64. The van der Waals surface area contributed by atoms with Gasteiger partial charge in [0.2, 0.25) is 0 Å². The SMILES string of the molecule is CCc1nn(C)cc1C(O)C1(CN)CCCCCC1. The monoisotopic (exact) mass is 265 g/mol. The first-order valence-electron chi connectivity index (χ1n) is 7.53. The first kappa shape index (κ1) is 14.5. The lowest BCUT2D eigenvalue weighted by atomic mass is 9.73. The third kappa shape index (κ3) is 2.84. The standard InChI is InChI=1S/C15H27N3O/c1-3-13-12(10-18(2)17-13)14(19)15(11-16)8-6-4-5-7-9-15/h10,14,19H,3-9,11,16H2,1-2H3. The Labute approximate surface area is 116 Å². The van der Waals surface area contributed by atoms with Gasteiger partial charge in [0.05, 0.1) is 11.8 Å². The highest BCUT2D eigenvalue weighted by molar-refractivity contribution is 5.22. The van der Waals surface area contributed by atoms with Crippen molar-refractivity contribution in [2.24, 2.45) is 18.2 Å². The molecule has 0 amide bonds. The molecule has 19 heavy (non-hydrogen) atoms. The molecule has 0 radical (unpaired) electrons. The predicted molar refractivity (Wildman–Crippen MR) is 76.7 cm³/mol. The molecule has 108 valence electrons. The Morgan fingerprint density at radius 3 is 2.53 bits per heavy atom. The minimum absolute atomic E-state index is 0.149. The Kier molecular flexibility index (Phi) is 4.63. The van der Waals surface area contributed by atoms with Gasteiger partial charge in [0.15, 0.2) is 0 Å². The number of hydrogen-bond donors (Lipinski definition) is 2. The lowest BCUT2D eigenvalue weighted by Crippen LogP contribution is -2.36.